The summed E-state index contributed by atoms with van der Waals surface area (Å²) in [4.78, 5) is 12.4. The van der Waals surface area contributed by atoms with Crippen molar-refractivity contribution >= 4 is 29.5 Å². The van der Waals surface area contributed by atoms with E-state index in [1.165, 1.54) is 10.9 Å². The number of amides is 1. The van der Waals surface area contributed by atoms with Gasteiger partial charge in [0.1, 0.15) is 0 Å². The average molecular weight is 375 g/mol. The van der Waals surface area contributed by atoms with Crippen molar-refractivity contribution < 1.29 is 9.42 Å². The summed E-state index contributed by atoms with van der Waals surface area (Å²) < 4.78 is 5.90. The minimum absolute atomic E-state index is 0.0421. The summed E-state index contributed by atoms with van der Waals surface area (Å²) in [6.07, 6.45) is 1.44. The molecule has 0 spiro atoms. The van der Waals surface area contributed by atoms with E-state index in [4.69, 9.17) is 17.3 Å². The van der Waals surface area contributed by atoms with Crippen LogP contribution in [0, 0.1) is 0 Å². The summed E-state index contributed by atoms with van der Waals surface area (Å²) in [6, 6.07) is 7.11. The van der Waals surface area contributed by atoms with Crippen molar-refractivity contribution in [1.82, 2.24) is 30.7 Å². The Labute approximate surface area is 153 Å². The largest absolute Gasteiger partial charge is 0.378 e. The number of nitrogens with zero attached hydrogens (tertiary/aromatic N) is 6. The molecule has 26 heavy (non-hydrogen) atoms. The molecular formula is C15H15ClN8O2. The van der Waals surface area contributed by atoms with E-state index < -0.39 is 5.91 Å². The summed E-state index contributed by atoms with van der Waals surface area (Å²) in [6.45, 7) is 3.76. The number of hydrogen-bond donors (Lipinski definition) is 2. The van der Waals surface area contributed by atoms with Crippen LogP contribution in [0.15, 0.2) is 34.0 Å². The highest BCUT2D eigenvalue weighted by molar-refractivity contribution is 6.33. The monoisotopic (exact) mass is 374 g/mol. The van der Waals surface area contributed by atoms with Crippen molar-refractivity contribution in [1.29, 1.82) is 0 Å². The van der Waals surface area contributed by atoms with Gasteiger partial charge in [0.15, 0.2) is 5.69 Å². The normalized spacial score (nSPS) is 11.4. The Bertz CT molecular complexity index is 962. The number of aromatic nitrogens is 5. The van der Waals surface area contributed by atoms with Gasteiger partial charge in [0.2, 0.25) is 11.6 Å². The van der Waals surface area contributed by atoms with Crippen LogP contribution in [0.2, 0.25) is 5.02 Å². The quantitative estimate of drug-likeness (QED) is 0.512. The number of hydrogen-bond acceptors (Lipinski definition) is 8. The van der Waals surface area contributed by atoms with Crippen molar-refractivity contribution in [3.8, 4) is 5.82 Å². The first-order valence-corrected chi connectivity index (χ1v) is 7.98. The summed E-state index contributed by atoms with van der Waals surface area (Å²) in [7, 11) is 0. The van der Waals surface area contributed by atoms with Gasteiger partial charge in [-0.05, 0) is 22.3 Å². The van der Waals surface area contributed by atoms with Crippen molar-refractivity contribution in [2.24, 2.45) is 5.10 Å². The number of nitrogen functional groups attached to an aromatic ring is 1. The first-order valence-electron chi connectivity index (χ1n) is 7.61. The number of nitrogens with one attached hydrogen (secondary N) is 1. The second-order valence-corrected chi connectivity index (χ2v) is 5.99. The smallest absolute Gasteiger partial charge is 0.293 e. The van der Waals surface area contributed by atoms with Gasteiger partial charge < -0.3 is 5.73 Å². The molecule has 0 unspecified atom stereocenters. The molecule has 11 heteroatoms. The third-order valence-corrected chi connectivity index (χ3v) is 3.78. The van der Waals surface area contributed by atoms with Crippen LogP contribution in [0.25, 0.3) is 5.82 Å². The van der Waals surface area contributed by atoms with E-state index in [-0.39, 0.29) is 23.2 Å². The van der Waals surface area contributed by atoms with Crippen LogP contribution in [0.3, 0.4) is 0 Å². The second-order valence-electron chi connectivity index (χ2n) is 5.58. The van der Waals surface area contributed by atoms with Crippen molar-refractivity contribution in [2.45, 2.75) is 19.8 Å². The Balaban J connectivity index is 1.85. The molecule has 3 rings (SSSR count). The third-order valence-electron chi connectivity index (χ3n) is 3.44. The second kappa shape index (κ2) is 7.31. The molecule has 3 aromatic rings. The lowest BCUT2D eigenvalue weighted by molar-refractivity contribution is 0.0948. The zero-order chi connectivity index (χ0) is 18.7. The summed E-state index contributed by atoms with van der Waals surface area (Å²) in [5.41, 5.74) is 9.37. The molecule has 0 aliphatic rings. The maximum Gasteiger partial charge on any atom is 0.293 e. The van der Waals surface area contributed by atoms with Gasteiger partial charge in [-0.2, -0.15) is 9.78 Å². The van der Waals surface area contributed by atoms with E-state index in [1.54, 1.807) is 18.2 Å². The van der Waals surface area contributed by atoms with Crippen molar-refractivity contribution in [3.05, 3.63) is 46.2 Å². The number of nitrogens with two attached hydrogens (primary N) is 1. The lowest BCUT2D eigenvalue weighted by atomic mass is 10.1. The molecule has 2 aromatic heterocycles. The lowest BCUT2D eigenvalue weighted by Crippen LogP contribution is -2.21. The number of anilines is 1. The fourth-order valence-corrected chi connectivity index (χ4v) is 2.44. The summed E-state index contributed by atoms with van der Waals surface area (Å²) in [5.74, 6) is -0.423. The topological polar surface area (TPSA) is 137 Å². The van der Waals surface area contributed by atoms with E-state index >= 15 is 0 Å². The van der Waals surface area contributed by atoms with Crippen molar-refractivity contribution in [3.63, 3.8) is 0 Å². The van der Waals surface area contributed by atoms with Gasteiger partial charge in [-0.15, -0.1) is 5.10 Å². The molecular weight excluding hydrogens is 360 g/mol. The predicted octanol–water partition coefficient (Wildman–Crippen LogP) is 1.77. The molecule has 2 heterocycles. The van der Waals surface area contributed by atoms with Crippen LogP contribution in [0.5, 0.6) is 0 Å². The maximum atomic E-state index is 12.4. The summed E-state index contributed by atoms with van der Waals surface area (Å²) in [5, 5.41) is 19.5. The van der Waals surface area contributed by atoms with Crippen LogP contribution in [-0.4, -0.2) is 37.4 Å². The molecule has 10 nitrogen and oxygen atoms in total. The first kappa shape index (κ1) is 17.5. The zero-order valence-corrected chi connectivity index (χ0v) is 14.7. The molecule has 0 radical (unpaired) electrons. The highest BCUT2D eigenvalue weighted by Gasteiger charge is 2.25. The Kier molecular flexibility index (Phi) is 4.94. The minimum atomic E-state index is -0.529. The Morgan fingerprint density at radius 2 is 2.15 bits per heavy atom. The van der Waals surface area contributed by atoms with Gasteiger partial charge in [-0.25, -0.2) is 10.1 Å². The van der Waals surface area contributed by atoms with E-state index in [1.807, 2.05) is 19.9 Å². The standard InChI is InChI=1S/C15H15ClN8O2/c1-8(2)12-11(19-23-24(12)14-13(17)21-26-22-14)15(25)20-18-7-9-5-3-4-6-10(9)16/h3-8H,1-2H3,(H2,17,21)(H,20,25)/b18-7-. The molecule has 1 amide bonds. The number of carbonyl (C=O) groups is 1. The third kappa shape index (κ3) is 3.40. The molecule has 3 N–H and O–H groups in total. The molecule has 0 saturated carbocycles. The Hall–Kier alpha value is -3.27. The average Bonchev–Trinajstić information content (AvgIpc) is 3.22. The van der Waals surface area contributed by atoms with E-state index in [2.05, 4.69) is 35.8 Å². The number of rotatable bonds is 5. The predicted molar refractivity (Wildman–Crippen MR) is 94.2 cm³/mol. The van der Waals surface area contributed by atoms with Crippen LogP contribution < -0.4 is 11.2 Å². The molecule has 0 aliphatic carbocycles. The molecule has 1 aromatic carbocycles. The van der Waals surface area contributed by atoms with Gasteiger partial charge >= 0.3 is 0 Å². The fourth-order valence-electron chi connectivity index (χ4n) is 2.26. The minimum Gasteiger partial charge on any atom is -0.378 e. The number of halogens is 1. The van der Waals surface area contributed by atoms with Crippen LogP contribution in [0.1, 0.15) is 41.5 Å². The zero-order valence-electron chi connectivity index (χ0n) is 13.9. The first-order chi connectivity index (χ1) is 12.5. The van der Waals surface area contributed by atoms with E-state index in [0.29, 0.717) is 16.3 Å². The van der Waals surface area contributed by atoms with Crippen molar-refractivity contribution in [2.75, 3.05) is 5.73 Å². The summed E-state index contributed by atoms with van der Waals surface area (Å²) >= 11 is 6.04. The highest BCUT2D eigenvalue weighted by atomic mass is 35.5. The van der Waals surface area contributed by atoms with E-state index in [0.717, 1.165) is 0 Å². The SMILES string of the molecule is CC(C)c1c(C(=O)N/N=C\c2ccccc2Cl)nnn1-c1nonc1N. The fraction of sp³-hybridized carbons (Fsp3) is 0.200. The molecule has 0 aliphatic heterocycles. The van der Waals surface area contributed by atoms with E-state index in [9.17, 15) is 4.79 Å². The van der Waals surface area contributed by atoms with Gasteiger partial charge in [0.05, 0.1) is 11.9 Å². The highest BCUT2D eigenvalue weighted by Crippen LogP contribution is 2.22. The molecule has 134 valence electrons. The Morgan fingerprint density at radius 1 is 1.38 bits per heavy atom. The number of benzene rings is 1. The maximum absolute atomic E-state index is 12.4. The molecule has 0 fully saturated rings. The van der Waals surface area contributed by atoms with Gasteiger partial charge in [-0.3, -0.25) is 4.79 Å². The molecule has 0 bridgehead atoms. The van der Waals surface area contributed by atoms with Gasteiger partial charge in [0, 0.05) is 10.6 Å². The molecule has 0 atom stereocenters. The van der Waals surface area contributed by atoms with Crippen LogP contribution in [0.4, 0.5) is 5.82 Å². The van der Waals surface area contributed by atoms with Gasteiger partial charge in [0.25, 0.3) is 5.91 Å². The molecule has 0 saturated heterocycles. The Morgan fingerprint density at radius 3 is 2.81 bits per heavy atom. The lowest BCUT2D eigenvalue weighted by Gasteiger charge is -2.08. The van der Waals surface area contributed by atoms with Crippen LogP contribution >= 0.6 is 11.6 Å². The number of carbonyl (C=O) groups excluding carboxylic acids is 1. The van der Waals surface area contributed by atoms with Gasteiger partial charge in [-0.1, -0.05) is 48.9 Å². The number of hydrazone groups is 1. The van der Waals surface area contributed by atoms with Crippen LogP contribution in [-0.2, 0) is 0 Å².